The number of halogens is 1. The molecule has 5 heteroatoms. The number of hydrogen-bond donors (Lipinski definition) is 1. The molecule has 4 nitrogen and oxygen atoms in total. The minimum Gasteiger partial charge on any atom is -0.369 e. The number of aromatic nitrogens is 2. The van der Waals surface area contributed by atoms with Crippen molar-refractivity contribution in [3.05, 3.63) is 28.8 Å². The summed E-state index contributed by atoms with van der Waals surface area (Å²) in [6.45, 7) is 0. The van der Waals surface area contributed by atoms with E-state index in [1.165, 1.54) is 0 Å². The van der Waals surface area contributed by atoms with Gasteiger partial charge in [-0.1, -0.05) is 6.08 Å². The highest BCUT2D eigenvalue weighted by molar-refractivity contribution is 9.10. The van der Waals surface area contributed by atoms with Crippen molar-refractivity contribution in [1.29, 1.82) is 0 Å². The fraction of sp³-hybridized carbons (Fsp3) is 0.125. The molecule has 1 amide bonds. The van der Waals surface area contributed by atoms with Crippen LogP contribution < -0.4 is 5.73 Å². The maximum Gasteiger partial charge on any atom is 0.221 e. The molecule has 2 N–H and O–H groups in total. The van der Waals surface area contributed by atoms with E-state index in [1.807, 2.05) is 0 Å². The van der Waals surface area contributed by atoms with Crippen molar-refractivity contribution in [2.24, 2.45) is 5.73 Å². The van der Waals surface area contributed by atoms with E-state index < -0.39 is 0 Å². The van der Waals surface area contributed by atoms with Gasteiger partial charge in [0.1, 0.15) is 0 Å². The van der Waals surface area contributed by atoms with Gasteiger partial charge >= 0.3 is 0 Å². The number of rotatable bonds is 3. The molecule has 0 aliphatic carbocycles. The van der Waals surface area contributed by atoms with E-state index in [2.05, 4.69) is 25.9 Å². The average Bonchev–Trinajstić information content (AvgIpc) is 2.08. The highest BCUT2D eigenvalue weighted by atomic mass is 79.9. The van der Waals surface area contributed by atoms with Gasteiger partial charge in [0, 0.05) is 18.8 Å². The number of amides is 1. The molecule has 1 heterocycles. The topological polar surface area (TPSA) is 68.9 Å². The molecule has 1 aromatic heterocycles. The third-order valence-electron chi connectivity index (χ3n) is 1.23. The number of carbonyl (C=O) groups excluding carboxylic acids is 1. The van der Waals surface area contributed by atoms with Crippen LogP contribution in [0.3, 0.4) is 0 Å². The standard InChI is InChI=1S/C8H8BrN3O/c9-6-4-11-8(12-5-6)3-1-2-7(10)13/h1,3-5H,2H2,(H2,10,13). The van der Waals surface area contributed by atoms with Crippen LogP contribution in [-0.4, -0.2) is 15.9 Å². The predicted molar refractivity (Wildman–Crippen MR) is 52.6 cm³/mol. The lowest BCUT2D eigenvalue weighted by atomic mass is 10.3. The highest BCUT2D eigenvalue weighted by Crippen LogP contribution is 2.05. The summed E-state index contributed by atoms with van der Waals surface area (Å²) >= 11 is 3.21. The minimum absolute atomic E-state index is 0.208. The molecule has 1 rings (SSSR count). The molecule has 0 aliphatic heterocycles. The number of carbonyl (C=O) groups is 1. The molecule has 0 fully saturated rings. The first-order valence-corrected chi connectivity index (χ1v) is 4.40. The molecule has 0 saturated heterocycles. The molecule has 0 saturated carbocycles. The summed E-state index contributed by atoms with van der Waals surface area (Å²) in [7, 11) is 0. The lowest BCUT2D eigenvalue weighted by Gasteiger charge is -1.91. The van der Waals surface area contributed by atoms with Gasteiger partial charge in [0.2, 0.25) is 5.91 Å². The molecule has 1 aromatic rings. The smallest absolute Gasteiger partial charge is 0.221 e. The van der Waals surface area contributed by atoms with Gasteiger partial charge in [-0.05, 0) is 22.0 Å². The van der Waals surface area contributed by atoms with Crippen molar-refractivity contribution in [1.82, 2.24) is 9.97 Å². The first-order chi connectivity index (χ1) is 6.18. The average molecular weight is 242 g/mol. The zero-order valence-corrected chi connectivity index (χ0v) is 8.36. The summed E-state index contributed by atoms with van der Waals surface area (Å²) < 4.78 is 0.819. The van der Waals surface area contributed by atoms with Crippen LogP contribution in [0.15, 0.2) is 22.9 Å². The van der Waals surface area contributed by atoms with Crippen molar-refractivity contribution in [3.63, 3.8) is 0 Å². The lowest BCUT2D eigenvalue weighted by Crippen LogP contribution is -2.07. The van der Waals surface area contributed by atoms with E-state index in [4.69, 9.17) is 5.73 Å². The second-order valence-electron chi connectivity index (χ2n) is 2.33. The fourth-order valence-corrected chi connectivity index (χ4v) is 0.894. The molecular weight excluding hydrogens is 234 g/mol. The molecule has 0 bridgehead atoms. The van der Waals surface area contributed by atoms with Crippen LogP contribution in [-0.2, 0) is 4.79 Å². The number of primary amides is 1. The Kier molecular flexibility index (Phi) is 3.57. The monoisotopic (exact) mass is 241 g/mol. The van der Waals surface area contributed by atoms with Crippen LogP contribution in [0.4, 0.5) is 0 Å². The van der Waals surface area contributed by atoms with Gasteiger partial charge in [-0.25, -0.2) is 9.97 Å². The third-order valence-corrected chi connectivity index (χ3v) is 1.64. The summed E-state index contributed by atoms with van der Waals surface area (Å²) in [4.78, 5) is 18.3. The van der Waals surface area contributed by atoms with Crippen LogP contribution in [0.2, 0.25) is 0 Å². The minimum atomic E-state index is -0.367. The maximum atomic E-state index is 10.4. The SMILES string of the molecule is NC(=O)CC=Cc1ncc(Br)cn1. The Labute approximate surface area is 84.0 Å². The van der Waals surface area contributed by atoms with E-state index >= 15 is 0 Å². The molecule has 0 unspecified atom stereocenters. The van der Waals surface area contributed by atoms with Gasteiger partial charge in [0.25, 0.3) is 0 Å². The van der Waals surface area contributed by atoms with Crippen LogP contribution in [0.1, 0.15) is 12.2 Å². The molecule has 0 radical (unpaired) electrons. The van der Waals surface area contributed by atoms with Gasteiger partial charge in [-0.3, -0.25) is 4.79 Å². The second kappa shape index (κ2) is 4.71. The fourth-order valence-electron chi connectivity index (χ4n) is 0.689. The van der Waals surface area contributed by atoms with Crippen LogP contribution in [0, 0.1) is 0 Å². The Balaban J connectivity index is 2.59. The highest BCUT2D eigenvalue weighted by Gasteiger charge is 1.91. The third kappa shape index (κ3) is 3.80. The Morgan fingerprint density at radius 3 is 2.69 bits per heavy atom. The zero-order chi connectivity index (χ0) is 9.68. The second-order valence-corrected chi connectivity index (χ2v) is 3.25. The summed E-state index contributed by atoms with van der Waals surface area (Å²) in [6.07, 6.45) is 6.76. The lowest BCUT2D eigenvalue weighted by molar-refractivity contribution is -0.117. The summed E-state index contributed by atoms with van der Waals surface area (Å²) in [5.74, 6) is 0.192. The van der Waals surface area contributed by atoms with Gasteiger partial charge in [-0.2, -0.15) is 0 Å². The van der Waals surface area contributed by atoms with Gasteiger partial charge in [-0.15, -0.1) is 0 Å². The van der Waals surface area contributed by atoms with Crippen LogP contribution in [0.25, 0.3) is 6.08 Å². The summed E-state index contributed by atoms with van der Waals surface area (Å²) in [5.41, 5.74) is 4.94. The Morgan fingerprint density at radius 2 is 2.15 bits per heavy atom. The maximum absolute atomic E-state index is 10.4. The Hall–Kier alpha value is -1.23. The van der Waals surface area contributed by atoms with E-state index in [0.29, 0.717) is 5.82 Å². The molecule has 0 aliphatic rings. The van der Waals surface area contributed by atoms with Gasteiger partial charge in [0.05, 0.1) is 4.47 Å². The quantitative estimate of drug-likeness (QED) is 0.863. The summed E-state index contributed by atoms with van der Waals surface area (Å²) in [5, 5.41) is 0. The molecule has 13 heavy (non-hydrogen) atoms. The van der Waals surface area contributed by atoms with Crippen molar-refractivity contribution in [3.8, 4) is 0 Å². The molecule has 0 spiro atoms. The zero-order valence-electron chi connectivity index (χ0n) is 6.77. The van der Waals surface area contributed by atoms with Crippen molar-refractivity contribution >= 4 is 27.9 Å². The Bertz CT molecular complexity index is 321. The normalized spacial score (nSPS) is 10.5. The van der Waals surface area contributed by atoms with Crippen LogP contribution >= 0.6 is 15.9 Å². The summed E-state index contributed by atoms with van der Waals surface area (Å²) in [6, 6.07) is 0. The molecule has 0 atom stereocenters. The van der Waals surface area contributed by atoms with Crippen molar-refractivity contribution in [2.75, 3.05) is 0 Å². The van der Waals surface area contributed by atoms with Crippen molar-refractivity contribution < 1.29 is 4.79 Å². The Morgan fingerprint density at radius 1 is 1.54 bits per heavy atom. The van der Waals surface area contributed by atoms with E-state index in [0.717, 1.165) is 4.47 Å². The number of nitrogens with zero attached hydrogens (tertiary/aromatic N) is 2. The number of hydrogen-bond acceptors (Lipinski definition) is 3. The van der Waals surface area contributed by atoms with Gasteiger partial charge in [0.15, 0.2) is 5.82 Å². The van der Waals surface area contributed by atoms with Crippen LogP contribution in [0.5, 0.6) is 0 Å². The van der Waals surface area contributed by atoms with Crippen molar-refractivity contribution in [2.45, 2.75) is 6.42 Å². The molecular formula is C8H8BrN3O. The largest absolute Gasteiger partial charge is 0.369 e. The van der Waals surface area contributed by atoms with E-state index in [-0.39, 0.29) is 12.3 Å². The predicted octanol–water partition coefficient (Wildman–Crippen LogP) is 1.13. The molecule has 0 aromatic carbocycles. The van der Waals surface area contributed by atoms with E-state index in [1.54, 1.807) is 24.5 Å². The van der Waals surface area contributed by atoms with E-state index in [9.17, 15) is 4.79 Å². The van der Waals surface area contributed by atoms with Gasteiger partial charge < -0.3 is 5.73 Å². The molecule has 68 valence electrons. The first-order valence-electron chi connectivity index (χ1n) is 3.61. The first kappa shape index (κ1) is 9.85. The number of nitrogens with two attached hydrogens (primary N) is 1.